The Hall–Kier alpha value is -1.76. The number of hydrogen-bond acceptors (Lipinski definition) is 5. The molecule has 0 aliphatic heterocycles. The van der Waals surface area contributed by atoms with E-state index in [1.165, 1.54) is 23.1 Å². The number of carbonyl (C=O) groups is 1. The fourth-order valence-corrected chi connectivity index (χ4v) is 1.26. The van der Waals surface area contributed by atoms with Crippen molar-refractivity contribution in [2.75, 3.05) is 14.1 Å². The smallest absolute Gasteiger partial charge is 0.304 e. The molecule has 0 saturated heterocycles. The molecular formula is C9H10N2O4S. The zero-order valence-electron chi connectivity index (χ0n) is 8.75. The molecule has 6 nitrogen and oxygen atoms in total. The summed E-state index contributed by atoms with van der Waals surface area (Å²) in [4.78, 5) is 22.8. The summed E-state index contributed by atoms with van der Waals surface area (Å²) in [6.07, 6.45) is 2.80. The predicted molar refractivity (Wildman–Crippen MR) is 59.3 cm³/mol. The summed E-state index contributed by atoms with van der Waals surface area (Å²) in [6.45, 7) is 0. The molecule has 86 valence electrons. The van der Waals surface area contributed by atoms with E-state index in [1.54, 1.807) is 20.2 Å². The predicted octanol–water partition coefficient (Wildman–Crippen LogP) is 1.66. The molecule has 0 aromatic carbocycles. The van der Waals surface area contributed by atoms with Crippen molar-refractivity contribution in [3.8, 4) is 0 Å². The van der Waals surface area contributed by atoms with Crippen molar-refractivity contribution in [1.29, 1.82) is 0 Å². The van der Waals surface area contributed by atoms with Crippen molar-refractivity contribution in [3.63, 3.8) is 0 Å². The van der Waals surface area contributed by atoms with Gasteiger partial charge in [0.15, 0.2) is 0 Å². The Bertz CT molecular complexity index is 425. The van der Waals surface area contributed by atoms with Crippen LogP contribution >= 0.6 is 11.9 Å². The zero-order valence-corrected chi connectivity index (χ0v) is 9.56. The van der Waals surface area contributed by atoms with Gasteiger partial charge >= 0.3 is 11.9 Å². The van der Waals surface area contributed by atoms with Crippen LogP contribution in [0.1, 0.15) is 5.76 Å². The molecule has 0 radical (unpaired) electrons. The van der Waals surface area contributed by atoms with Crippen molar-refractivity contribution < 1.29 is 13.5 Å². The normalized spacial score (nSPS) is 10.6. The number of carbonyl (C=O) groups excluding carboxylic acids is 1. The maximum absolute atomic E-state index is 11.2. The van der Waals surface area contributed by atoms with Crippen LogP contribution in [0.5, 0.6) is 0 Å². The zero-order chi connectivity index (χ0) is 12.1. The second kappa shape index (κ2) is 5.36. The molecule has 1 heterocycles. The summed E-state index contributed by atoms with van der Waals surface area (Å²) in [5.41, 5.74) is 0. The summed E-state index contributed by atoms with van der Waals surface area (Å²) in [5.74, 6) is 0.222. The van der Waals surface area contributed by atoms with Gasteiger partial charge in [0.1, 0.15) is 10.1 Å². The third-order valence-electron chi connectivity index (χ3n) is 1.60. The molecule has 16 heavy (non-hydrogen) atoms. The number of nitro groups is 1. The van der Waals surface area contributed by atoms with Gasteiger partial charge in [0.05, 0.1) is 0 Å². The molecule has 0 bridgehead atoms. The highest BCUT2D eigenvalue weighted by atomic mass is 32.2. The van der Waals surface area contributed by atoms with Crippen molar-refractivity contribution in [1.82, 2.24) is 4.90 Å². The second-order valence-electron chi connectivity index (χ2n) is 3.04. The van der Waals surface area contributed by atoms with Crippen molar-refractivity contribution in [2.45, 2.75) is 5.09 Å². The standard InChI is InChI=1S/C9H10N2O4S/c1-10(2)8(12)5-3-7-4-6-9(15-7)16-11(13)14/h3-6H,1-2H3/b5-3+. The van der Waals surface area contributed by atoms with E-state index in [2.05, 4.69) is 0 Å². The van der Waals surface area contributed by atoms with E-state index in [0.29, 0.717) is 17.7 Å². The van der Waals surface area contributed by atoms with Gasteiger partial charge in [0, 0.05) is 20.2 Å². The fraction of sp³-hybridized carbons (Fsp3) is 0.222. The number of nitrogens with zero attached hydrogens (tertiary/aromatic N) is 2. The van der Waals surface area contributed by atoms with Gasteiger partial charge in [-0.3, -0.25) is 14.9 Å². The molecule has 0 spiro atoms. The summed E-state index contributed by atoms with van der Waals surface area (Å²) in [6, 6.07) is 3.04. The van der Waals surface area contributed by atoms with Gasteiger partial charge in [0.25, 0.3) is 0 Å². The third kappa shape index (κ3) is 3.77. The lowest BCUT2D eigenvalue weighted by Crippen LogP contribution is -2.18. The molecule has 1 aromatic rings. The van der Waals surface area contributed by atoms with Gasteiger partial charge in [-0.05, 0) is 18.2 Å². The third-order valence-corrected chi connectivity index (χ3v) is 2.15. The van der Waals surface area contributed by atoms with Crippen LogP contribution < -0.4 is 0 Å². The van der Waals surface area contributed by atoms with Crippen molar-refractivity contribution in [2.24, 2.45) is 0 Å². The maximum Gasteiger partial charge on any atom is 0.304 e. The van der Waals surface area contributed by atoms with Crippen molar-refractivity contribution in [3.05, 3.63) is 34.1 Å². The molecule has 0 atom stereocenters. The Kier molecular flexibility index (Phi) is 4.12. The van der Waals surface area contributed by atoms with E-state index in [-0.39, 0.29) is 11.0 Å². The minimum Gasteiger partial charge on any atom is -0.444 e. The topological polar surface area (TPSA) is 76.6 Å². The number of likely N-dealkylation sites (N-methyl/N-ethyl adjacent to an activating group) is 1. The van der Waals surface area contributed by atoms with Crippen LogP contribution in [0, 0.1) is 10.1 Å². The van der Waals surface area contributed by atoms with Crippen LogP contribution in [-0.4, -0.2) is 29.2 Å². The molecule has 1 rings (SSSR count). The molecule has 0 aliphatic carbocycles. The van der Waals surface area contributed by atoms with E-state index >= 15 is 0 Å². The molecule has 0 fully saturated rings. The van der Waals surface area contributed by atoms with Gasteiger partial charge in [-0.25, -0.2) is 0 Å². The largest absolute Gasteiger partial charge is 0.444 e. The first kappa shape index (κ1) is 12.3. The fourth-order valence-electron chi connectivity index (χ4n) is 0.849. The molecule has 0 N–H and O–H groups in total. The average molecular weight is 242 g/mol. The number of hydrogen-bond donors (Lipinski definition) is 0. The Morgan fingerprint density at radius 1 is 1.56 bits per heavy atom. The molecule has 7 heteroatoms. The summed E-state index contributed by atoms with van der Waals surface area (Å²) in [7, 11) is 3.26. The van der Waals surface area contributed by atoms with Gasteiger partial charge in [-0.1, -0.05) is 0 Å². The molecule has 0 unspecified atom stereocenters. The molecule has 0 saturated carbocycles. The minimum absolute atomic E-state index is 0.181. The Balaban J connectivity index is 2.65. The Morgan fingerprint density at radius 3 is 2.81 bits per heavy atom. The minimum atomic E-state index is -0.558. The van der Waals surface area contributed by atoms with Gasteiger partial charge < -0.3 is 9.32 Å². The quantitative estimate of drug-likeness (QED) is 0.347. The number of rotatable bonds is 4. The Morgan fingerprint density at radius 2 is 2.25 bits per heavy atom. The van der Waals surface area contributed by atoms with Crippen LogP contribution in [0.15, 0.2) is 27.7 Å². The van der Waals surface area contributed by atoms with E-state index < -0.39 is 4.33 Å². The number of amides is 1. The first-order chi connectivity index (χ1) is 7.49. The lowest BCUT2D eigenvalue weighted by Gasteiger charge is -2.04. The first-order valence-electron chi connectivity index (χ1n) is 4.30. The van der Waals surface area contributed by atoms with Gasteiger partial charge in [0.2, 0.25) is 11.0 Å². The maximum atomic E-state index is 11.2. The van der Waals surface area contributed by atoms with Gasteiger partial charge in [-0.15, -0.1) is 0 Å². The number of furan rings is 1. The van der Waals surface area contributed by atoms with Crippen LogP contribution in [0.25, 0.3) is 6.08 Å². The van der Waals surface area contributed by atoms with Crippen molar-refractivity contribution >= 4 is 23.9 Å². The highest BCUT2D eigenvalue weighted by molar-refractivity contribution is 7.93. The van der Waals surface area contributed by atoms with E-state index in [0.717, 1.165) is 0 Å². The lowest BCUT2D eigenvalue weighted by molar-refractivity contribution is -0.285. The van der Waals surface area contributed by atoms with Crippen LogP contribution in [0.4, 0.5) is 0 Å². The van der Waals surface area contributed by atoms with E-state index in [1.807, 2.05) is 0 Å². The van der Waals surface area contributed by atoms with Crippen LogP contribution in [0.2, 0.25) is 0 Å². The second-order valence-corrected chi connectivity index (χ2v) is 3.92. The SMILES string of the molecule is CN(C)C(=O)/C=C/c1ccc(S[N+](=O)[O-])o1. The monoisotopic (exact) mass is 242 g/mol. The summed E-state index contributed by atoms with van der Waals surface area (Å²) in [5, 5.41) is 10.3. The highest BCUT2D eigenvalue weighted by Crippen LogP contribution is 2.21. The van der Waals surface area contributed by atoms with Gasteiger partial charge in [-0.2, -0.15) is 0 Å². The molecular weight excluding hydrogens is 232 g/mol. The average Bonchev–Trinajstić information content (AvgIpc) is 2.60. The molecule has 0 aliphatic rings. The van der Waals surface area contributed by atoms with Crippen LogP contribution in [0.3, 0.4) is 0 Å². The molecule has 1 amide bonds. The van der Waals surface area contributed by atoms with E-state index in [4.69, 9.17) is 4.42 Å². The van der Waals surface area contributed by atoms with E-state index in [9.17, 15) is 14.9 Å². The summed E-state index contributed by atoms with van der Waals surface area (Å²) >= 11 is 0.386. The summed E-state index contributed by atoms with van der Waals surface area (Å²) < 4.78 is 4.53. The van der Waals surface area contributed by atoms with Crippen LogP contribution in [-0.2, 0) is 4.79 Å². The lowest BCUT2D eigenvalue weighted by atomic mass is 10.4. The highest BCUT2D eigenvalue weighted by Gasteiger charge is 2.09. The molecule has 1 aromatic heterocycles. The Labute approximate surface area is 96.2 Å². The first-order valence-corrected chi connectivity index (χ1v) is 5.08.